The number of carbonyl (C=O) groups excluding carboxylic acids is 1. The summed E-state index contributed by atoms with van der Waals surface area (Å²) >= 11 is 5.64. The number of carbonyl (C=O) groups is 1. The number of benzene rings is 1. The summed E-state index contributed by atoms with van der Waals surface area (Å²) in [7, 11) is 0. The third kappa shape index (κ3) is 3.00. The van der Waals surface area contributed by atoms with E-state index in [1.54, 1.807) is 0 Å². The molecule has 17 heavy (non-hydrogen) atoms. The van der Waals surface area contributed by atoms with E-state index >= 15 is 0 Å². The topological polar surface area (TPSA) is 29.5 Å². The molecule has 3 nitrogen and oxygen atoms in total. The SMILES string of the molecule is O=C(c1ccccc1I)N1CCOCC1CBr. The Labute approximate surface area is 123 Å². The lowest BCUT2D eigenvalue weighted by atomic mass is 10.1. The molecule has 1 saturated heterocycles. The third-order valence-electron chi connectivity index (χ3n) is 2.77. The van der Waals surface area contributed by atoms with Crippen LogP contribution in [-0.2, 0) is 4.74 Å². The van der Waals surface area contributed by atoms with Crippen LogP contribution in [0, 0.1) is 3.57 Å². The first-order valence-electron chi connectivity index (χ1n) is 5.43. The molecule has 92 valence electrons. The highest BCUT2D eigenvalue weighted by atomic mass is 127. The second-order valence-electron chi connectivity index (χ2n) is 3.86. The molecule has 0 aliphatic carbocycles. The summed E-state index contributed by atoms with van der Waals surface area (Å²) in [5.41, 5.74) is 0.779. The van der Waals surface area contributed by atoms with Crippen LogP contribution in [0.5, 0.6) is 0 Å². The molecule has 1 fully saturated rings. The smallest absolute Gasteiger partial charge is 0.255 e. The van der Waals surface area contributed by atoms with Gasteiger partial charge in [-0.1, -0.05) is 28.1 Å². The Balaban J connectivity index is 2.21. The number of hydrogen-bond acceptors (Lipinski definition) is 2. The van der Waals surface area contributed by atoms with Gasteiger partial charge in [0.15, 0.2) is 0 Å². The number of rotatable bonds is 2. The largest absolute Gasteiger partial charge is 0.377 e. The molecule has 1 aromatic carbocycles. The highest BCUT2D eigenvalue weighted by molar-refractivity contribution is 14.1. The van der Waals surface area contributed by atoms with Crippen molar-refractivity contribution < 1.29 is 9.53 Å². The zero-order valence-electron chi connectivity index (χ0n) is 9.23. The Kier molecular flexibility index (Phi) is 4.81. The highest BCUT2D eigenvalue weighted by Crippen LogP contribution is 2.18. The molecule has 1 aliphatic heterocycles. The molecule has 0 radical (unpaired) electrons. The lowest BCUT2D eigenvalue weighted by Gasteiger charge is -2.34. The molecule has 1 heterocycles. The summed E-state index contributed by atoms with van der Waals surface area (Å²) in [6, 6.07) is 7.81. The Hall–Kier alpha value is -0.140. The van der Waals surface area contributed by atoms with Crippen LogP contribution in [0.2, 0.25) is 0 Å². The maximum Gasteiger partial charge on any atom is 0.255 e. The van der Waals surface area contributed by atoms with E-state index < -0.39 is 0 Å². The van der Waals surface area contributed by atoms with E-state index in [1.807, 2.05) is 29.2 Å². The molecule has 0 bridgehead atoms. The first-order valence-corrected chi connectivity index (χ1v) is 7.63. The molecule has 1 atom stereocenters. The maximum atomic E-state index is 12.4. The summed E-state index contributed by atoms with van der Waals surface area (Å²) in [5, 5.41) is 0.752. The number of alkyl halides is 1. The second-order valence-corrected chi connectivity index (χ2v) is 5.67. The van der Waals surface area contributed by atoms with Gasteiger partial charge in [-0.3, -0.25) is 4.79 Å². The molecule has 1 aliphatic rings. The van der Waals surface area contributed by atoms with E-state index in [4.69, 9.17) is 4.74 Å². The Morgan fingerprint density at radius 2 is 2.29 bits per heavy atom. The van der Waals surface area contributed by atoms with Gasteiger partial charge in [0.2, 0.25) is 0 Å². The molecule has 1 amide bonds. The zero-order valence-corrected chi connectivity index (χ0v) is 13.0. The van der Waals surface area contributed by atoms with Gasteiger partial charge in [-0.15, -0.1) is 0 Å². The maximum absolute atomic E-state index is 12.4. The minimum absolute atomic E-state index is 0.0998. The summed E-state index contributed by atoms with van der Waals surface area (Å²) < 4.78 is 6.39. The first kappa shape index (κ1) is 13.3. The van der Waals surface area contributed by atoms with Crippen molar-refractivity contribution in [1.29, 1.82) is 0 Å². The molecule has 0 spiro atoms. The van der Waals surface area contributed by atoms with Crippen LogP contribution in [-0.4, -0.2) is 41.9 Å². The molecule has 0 saturated carbocycles. The first-order chi connectivity index (χ1) is 8.24. The van der Waals surface area contributed by atoms with Gasteiger partial charge >= 0.3 is 0 Å². The summed E-state index contributed by atoms with van der Waals surface area (Å²) in [6.45, 7) is 1.90. The average molecular weight is 410 g/mol. The van der Waals surface area contributed by atoms with Crippen molar-refractivity contribution >= 4 is 44.4 Å². The number of halogens is 2. The molecule has 1 aromatic rings. The summed E-state index contributed by atoms with van der Waals surface area (Å²) in [6.07, 6.45) is 0. The predicted octanol–water partition coefficient (Wildman–Crippen LogP) is 2.53. The van der Waals surface area contributed by atoms with Crippen LogP contribution in [0.15, 0.2) is 24.3 Å². The monoisotopic (exact) mass is 409 g/mol. The van der Waals surface area contributed by atoms with Gasteiger partial charge in [0.05, 0.1) is 24.8 Å². The molecule has 5 heteroatoms. The lowest BCUT2D eigenvalue weighted by molar-refractivity contribution is 0.00519. The summed E-state index contributed by atoms with van der Waals surface area (Å²) in [4.78, 5) is 14.3. The van der Waals surface area contributed by atoms with Gasteiger partial charge in [0.25, 0.3) is 5.91 Å². The van der Waals surface area contributed by atoms with Crippen LogP contribution in [0.3, 0.4) is 0 Å². The third-order valence-corrected chi connectivity index (χ3v) is 4.46. The second kappa shape index (κ2) is 6.15. The number of morpholine rings is 1. The Morgan fingerprint density at radius 1 is 1.53 bits per heavy atom. The van der Waals surface area contributed by atoms with Crippen LogP contribution >= 0.6 is 38.5 Å². The molecule has 1 unspecified atom stereocenters. The molecule has 0 N–H and O–H groups in total. The van der Waals surface area contributed by atoms with Crippen LogP contribution in [0.25, 0.3) is 0 Å². The fraction of sp³-hybridized carbons (Fsp3) is 0.417. The quantitative estimate of drug-likeness (QED) is 0.554. The van der Waals surface area contributed by atoms with Crippen molar-refractivity contribution in [3.8, 4) is 0 Å². The van der Waals surface area contributed by atoms with Crippen molar-refractivity contribution in [1.82, 2.24) is 4.90 Å². The fourth-order valence-corrected chi connectivity index (χ4v) is 2.99. The standard InChI is InChI=1S/C12H13BrINO2/c13-7-9-8-17-6-5-15(9)12(16)10-3-1-2-4-11(10)14/h1-4,9H,5-8H2. The van der Waals surface area contributed by atoms with E-state index in [2.05, 4.69) is 38.5 Å². The average Bonchev–Trinajstić information content (AvgIpc) is 2.38. The van der Waals surface area contributed by atoms with Crippen molar-refractivity contribution in [2.45, 2.75) is 6.04 Å². The number of nitrogens with zero attached hydrogens (tertiary/aromatic N) is 1. The minimum atomic E-state index is 0.0998. The lowest BCUT2D eigenvalue weighted by Crippen LogP contribution is -2.49. The number of hydrogen-bond donors (Lipinski definition) is 0. The Bertz CT molecular complexity index is 413. The molecule has 2 rings (SSSR count). The van der Waals surface area contributed by atoms with Gasteiger partial charge in [-0.2, -0.15) is 0 Å². The zero-order chi connectivity index (χ0) is 12.3. The highest BCUT2D eigenvalue weighted by Gasteiger charge is 2.27. The molecular formula is C12H13BrINO2. The number of amides is 1. The van der Waals surface area contributed by atoms with E-state index in [0.29, 0.717) is 19.8 Å². The van der Waals surface area contributed by atoms with Gasteiger partial charge < -0.3 is 9.64 Å². The van der Waals surface area contributed by atoms with Crippen LogP contribution in [0.4, 0.5) is 0 Å². The fourth-order valence-electron chi connectivity index (χ4n) is 1.84. The van der Waals surface area contributed by atoms with Gasteiger partial charge in [0, 0.05) is 15.4 Å². The minimum Gasteiger partial charge on any atom is -0.377 e. The van der Waals surface area contributed by atoms with E-state index in [9.17, 15) is 4.79 Å². The predicted molar refractivity (Wildman–Crippen MR) is 78.6 cm³/mol. The van der Waals surface area contributed by atoms with E-state index in [1.165, 1.54) is 0 Å². The molecular weight excluding hydrogens is 397 g/mol. The van der Waals surface area contributed by atoms with E-state index in [0.717, 1.165) is 14.5 Å². The number of ether oxygens (including phenoxy) is 1. The normalized spacial score (nSPS) is 20.4. The van der Waals surface area contributed by atoms with Gasteiger partial charge in [0.1, 0.15) is 0 Å². The van der Waals surface area contributed by atoms with Crippen LogP contribution < -0.4 is 0 Å². The van der Waals surface area contributed by atoms with Crippen LogP contribution in [0.1, 0.15) is 10.4 Å². The van der Waals surface area contributed by atoms with Crippen molar-refractivity contribution in [3.63, 3.8) is 0 Å². The van der Waals surface area contributed by atoms with Crippen molar-refractivity contribution in [2.24, 2.45) is 0 Å². The van der Waals surface area contributed by atoms with E-state index in [-0.39, 0.29) is 11.9 Å². The van der Waals surface area contributed by atoms with Gasteiger partial charge in [-0.05, 0) is 34.7 Å². The Morgan fingerprint density at radius 3 is 3.00 bits per heavy atom. The van der Waals surface area contributed by atoms with Gasteiger partial charge in [-0.25, -0.2) is 0 Å². The van der Waals surface area contributed by atoms with Crippen molar-refractivity contribution in [3.05, 3.63) is 33.4 Å². The van der Waals surface area contributed by atoms with Crippen molar-refractivity contribution in [2.75, 3.05) is 25.1 Å². The molecule has 0 aromatic heterocycles. The summed E-state index contributed by atoms with van der Waals surface area (Å²) in [5.74, 6) is 0.0998.